The summed E-state index contributed by atoms with van der Waals surface area (Å²) in [7, 11) is 0. The summed E-state index contributed by atoms with van der Waals surface area (Å²) in [5.74, 6) is 0. The molecule has 0 aliphatic carbocycles. The van der Waals surface area contributed by atoms with Crippen molar-refractivity contribution < 1.29 is 8.78 Å². The Bertz CT molecular complexity index is 453. The number of pyridine rings is 1. The Kier molecular flexibility index (Phi) is 3.96. The quantitative estimate of drug-likeness (QED) is 0.888. The van der Waals surface area contributed by atoms with E-state index in [1.807, 2.05) is 0 Å². The van der Waals surface area contributed by atoms with Gasteiger partial charge in [-0.2, -0.15) is 0 Å². The average molecular weight is 257 g/mol. The van der Waals surface area contributed by atoms with E-state index in [2.05, 4.69) is 0 Å². The molecule has 2 rings (SSSR count). The number of nitrogens with zero attached hydrogens (tertiary/aromatic N) is 2. The first-order valence-corrected chi connectivity index (χ1v) is 6.05. The fourth-order valence-electron chi connectivity index (χ4n) is 2.39. The first kappa shape index (κ1) is 13.0. The van der Waals surface area contributed by atoms with Gasteiger partial charge in [0.05, 0.1) is 12.2 Å². The highest BCUT2D eigenvalue weighted by atomic mass is 19.3. The molecular formula is C12H17F2N3O. The Labute approximate surface area is 104 Å². The van der Waals surface area contributed by atoms with Crippen LogP contribution < -0.4 is 11.3 Å². The first-order valence-electron chi connectivity index (χ1n) is 6.05. The highest BCUT2D eigenvalue weighted by molar-refractivity contribution is 5.33. The van der Waals surface area contributed by atoms with Crippen LogP contribution in [0.3, 0.4) is 0 Å². The average Bonchev–Trinajstić information content (AvgIpc) is 2.33. The third-order valence-corrected chi connectivity index (χ3v) is 3.35. The van der Waals surface area contributed by atoms with Crippen molar-refractivity contribution in [1.29, 1.82) is 0 Å². The predicted molar refractivity (Wildman–Crippen MR) is 65.8 cm³/mol. The molecule has 0 bridgehead atoms. The highest BCUT2D eigenvalue weighted by Gasteiger charge is 2.23. The van der Waals surface area contributed by atoms with Gasteiger partial charge in [0.15, 0.2) is 0 Å². The molecular weight excluding hydrogens is 240 g/mol. The van der Waals surface area contributed by atoms with Gasteiger partial charge in [-0.15, -0.1) is 0 Å². The Hall–Kier alpha value is -1.43. The third kappa shape index (κ3) is 2.87. The summed E-state index contributed by atoms with van der Waals surface area (Å²) in [6.45, 7) is 1.00. The molecule has 1 aromatic heterocycles. The molecule has 1 fully saturated rings. The van der Waals surface area contributed by atoms with Crippen molar-refractivity contribution in [3.8, 4) is 0 Å². The minimum Gasteiger partial charge on any atom is -0.394 e. The summed E-state index contributed by atoms with van der Waals surface area (Å²) in [5.41, 5.74) is 5.62. The van der Waals surface area contributed by atoms with E-state index in [1.54, 1.807) is 27.8 Å². The Morgan fingerprint density at radius 2 is 2.06 bits per heavy atom. The summed E-state index contributed by atoms with van der Waals surface area (Å²) in [6, 6.07) is 3.38. The van der Waals surface area contributed by atoms with Crippen molar-refractivity contribution in [1.82, 2.24) is 9.47 Å². The van der Waals surface area contributed by atoms with Gasteiger partial charge >= 0.3 is 0 Å². The van der Waals surface area contributed by atoms with Crippen LogP contribution >= 0.6 is 0 Å². The van der Waals surface area contributed by atoms with Crippen molar-refractivity contribution in [2.24, 2.45) is 0 Å². The van der Waals surface area contributed by atoms with Crippen LogP contribution in [0.4, 0.5) is 14.5 Å². The molecule has 0 spiro atoms. The highest BCUT2D eigenvalue weighted by Crippen LogP contribution is 2.21. The number of piperidine rings is 1. The Balaban J connectivity index is 2.01. The van der Waals surface area contributed by atoms with E-state index in [0.29, 0.717) is 25.9 Å². The van der Waals surface area contributed by atoms with Gasteiger partial charge in [0.1, 0.15) is 0 Å². The monoisotopic (exact) mass is 257 g/mol. The number of nitrogen functional groups attached to an aromatic ring is 1. The number of likely N-dealkylation sites (tertiary alicyclic amines) is 1. The lowest BCUT2D eigenvalue weighted by Gasteiger charge is -2.32. The molecule has 4 nitrogen and oxygen atoms in total. The lowest BCUT2D eigenvalue weighted by Crippen LogP contribution is -2.39. The number of rotatable bonds is 3. The second-order valence-corrected chi connectivity index (χ2v) is 4.60. The molecule has 0 radical (unpaired) electrons. The van der Waals surface area contributed by atoms with Gasteiger partial charge in [-0.3, -0.25) is 9.69 Å². The van der Waals surface area contributed by atoms with Crippen LogP contribution in [0.2, 0.25) is 0 Å². The molecule has 1 aliphatic heterocycles. The van der Waals surface area contributed by atoms with Gasteiger partial charge in [0, 0.05) is 25.3 Å². The van der Waals surface area contributed by atoms with E-state index < -0.39 is 6.43 Å². The maximum atomic E-state index is 12.2. The topological polar surface area (TPSA) is 51.3 Å². The van der Waals surface area contributed by atoms with E-state index >= 15 is 0 Å². The van der Waals surface area contributed by atoms with Crippen molar-refractivity contribution in [2.45, 2.75) is 25.3 Å². The molecule has 6 heteroatoms. The second-order valence-electron chi connectivity index (χ2n) is 4.60. The van der Waals surface area contributed by atoms with Crippen molar-refractivity contribution in [2.75, 3.05) is 25.4 Å². The van der Waals surface area contributed by atoms with Crippen molar-refractivity contribution >= 4 is 5.69 Å². The van der Waals surface area contributed by atoms with E-state index in [9.17, 15) is 13.6 Å². The second kappa shape index (κ2) is 5.48. The smallest absolute Gasteiger partial charge is 0.273 e. The fourth-order valence-corrected chi connectivity index (χ4v) is 2.39. The van der Waals surface area contributed by atoms with Gasteiger partial charge in [-0.05, 0) is 25.0 Å². The maximum absolute atomic E-state index is 12.2. The van der Waals surface area contributed by atoms with Crippen LogP contribution in [-0.2, 0) is 0 Å². The van der Waals surface area contributed by atoms with E-state index in [-0.39, 0.29) is 23.8 Å². The number of nitrogens with two attached hydrogens (primary N) is 1. The molecule has 18 heavy (non-hydrogen) atoms. The maximum Gasteiger partial charge on any atom is 0.273 e. The van der Waals surface area contributed by atoms with Crippen LogP contribution in [0.5, 0.6) is 0 Å². The lowest BCUT2D eigenvalue weighted by molar-refractivity contribution is 0.0699. The van der Waals surface area contributed by atoms with Gasteiger partial charge in [-0.25, -0.2) is 8.78 Å². The molecule has 0 atom stereocenters. The number of halogens is 2. The summed E-state index contributed by atoms with van der Waals surface area (Å²) >= 11 is 0. The summed E-state index contributed by atoms with van der Waals surface area (Å²) < 4.78 is 26.1. The molecule has 2 heterocycles. The van der Waals surface area contributed by atoms with Gasteiger partial charge in [0.25, 0.3) is 12.0 Å². The van der Waals surface area contributed by atoms with Crippen LogP contribution in [-0.4, -0.2) is 35.5 Å². The molecule has 1 saturated heterocycles. The Morgan fingerprint density at radius 3 is 2.67 bits per heavy atom. The number of anilines is 1. The number of alkyl halides is 2. The van der Waals surface area contributed by atoms with Crippen LogP contribution in [0.15, 0.2) is 23.1 Å². The Morgan fingerprint density at radius 1 is 1.39 bits per heavy atom. The fraction of sp³-hybridized carbons (Fsp3) is 0.583. The predicted octanol–water partition coefficient (Wildman–Crippen LogP) is 1.33. The van der Waals surface area contributed by atoms with Gasteiger partial charge in [-0.1, -0.05) is 0 Å². The zero-order valence-corrected chi connectivity index (χ0v) is 10.1. The summed E-state index contributed by atoms with van der Waals surface area (Å²) in [4.78, 5) is 13.6. The van der Waals surface area contributed by atoms with E-state index in [0.717, 1.165) is 0 Å². The normalized spacial score (nSPS) is 18.4. The minimum absolute atomic E-state index is 0.0647. The molecule has 0 amide bonds. The summed E-state index contributed by atoms with van der Waals surface area (Å²) in [6.07, 6.45) is 0.829. The molecule has 0 unspecified atom stereocenters. The largest absolute Gasteiger partial charge is 0.394 e. The van der Waals surface area contributed by atoms with Crippen molar-refractivity contribution in [3.05, 3.63) is 28.7 Å². The minimum atomic E-state index is -2.29. The lowest BCUT2D eigenvalue weighted by atomic mass is 10.0. The molecule has 0 saturated carbocycles. The van der Waals surface area contributed by atoms with Crippen LogP contribution in [0, 0.1) is 0 Å². The number of hydrogen-bond donors (Lipinski definition) is 1. The van der Waals surface area contributed by atoms with E-state index in [1.165, 1.54) is 0 Å². The standard InChI is InChI=1S/C12H17F2N3O/c13-11(14)8-16-6-3-9(4-7-16)17-5-1-2-10(15)12(17)18/h1-2,5,9,11H,3-4,6-8,15H2. The third-order valence-electron chi connectivity index (χ3n) is 3.35. The zero-order chi connectivity index (χ0) is 13.1. The SMILES string of the molecule is Nc1cccn(C2CCN(CC(F)F)CC2)c1=O. The molecule has 2 N–H and O–H groups in total. The molecule has 1 aliphatic rings. The number of aromatic nitrogens is 1. The van der Waals surface area contributed by atoms with Crippen molar-refractivity contribution in [3.63, 3.8) is 0 Å². The van der Waals surface area contributed by atoms with Gasteiger partial charge < -0.3 is 10.3 Å². The zero-order valence-electron chi connectivity index (χ0n) is 10.1. The molecule has 0 aromatic carbocycles. The summed E-state index contributed by atoms with van der Waals surface area (Å²) in [5, 5.41) is 0. The molecule has 100 valence electrons. The first-order chi connectivity index (χ1) is 8.58. The van der Waals surface area contributed by atoms with Crippen LogP contribution in [0.25, 0.3) is 0 Å². The van der Waals surface area contributed by atoms with Crippen LogP contribution in [0.1, 0.15) is 18.9 Å². The molecule has 1 aromatic rings. The van der Waals surface area contributed by atoms with Gasteiger partial charge in [0.2, 0.25) is 0 Å². The van der Waals surface area contributed by atoms with E-state index in [4.69, 9.17) is 5.73 Å². The number of hydrogen-bond acceptors (Lipinski definition) is 3.